The fourth-order valence-corrected chi connectivity index (χ4v) is 5.86. The Labute approximate surface area is 209 Å². The van der Waals surface area contributed by atoms with Gasteiger partial charge in [-0.15, -0.1) is 21.5 Å². The Bertz CT molecular complexity index is 1390. The van der Waals surface area contributed by atoms with E-state index in [2.05, 4.69) is 65.5 Å². The van der Waals surface area contributed by atoms with E-state index < -0.39 is 0 Å². The van der Waals surface area contributed by atoms with Crippen LogP contribution in [0.4, 0.5) is 0 Å². The molecular formula is C28H27ClN4S. The molecule has 1 atom stereocenters. The lowest BCUT2D eigenvalue weighted by molar-refractivity contribution is 0.724. The molecule has 0 aliphatic carbocycles. The summed E-state index contributed by atoms with van der Waals surface area (Å²) in [5.74, 6) is 1.74. The Balaban J connectivity index is 1.50. The number of allylic oxidation sites excluding steroid dienone is 1. The van der Waals surface area contributed by atoms with Gasteiger partial charge in [0.15, 0.2) is 5.82 Å². The van der Waals surface area contributed by atoms with E-state index in [0.29, 0.717) is 5.02 Å². The molecule has 0 spiro atoms. The number of rotatable bonds is 6. The lowest BCUT2D eigenvalue weighted by Crippen LogP contribution is -2.05. The summed E-state index contributed by atoms with van der Waals surface area (Å²) in [4.78, 5) is 6.39. The van der Waals surface area contributed by atoms with Gasteiger partial charge in [0.2, 0.25) is 0 Å². The summed E-state index contributed by atoms with van der Waals surface area (Å²) in [5.41, 5.74) is 6.80. The first-order valence-electron chi connectivity index (χ1n) is 11.5. The lowest BCUT2D eigenvalue weighted by atomic mass is 10.0. The molecule has 5 rings (SSSR count). The molecule has 1 aliphatic rings. The zero-order valence-corrected chi connectivity index (χ0v) is 21.2. The second-order valence-electron chi connectivity index (χ2n) is 8.96. The molecule has 3 heterocycles. The highest BCUT2D eigenvalue weighted by molar-refractivity contribution is 7.15. The number of aryl methyl sites for hydroxylation is 3. The van der Waals surface area contributed by atoms with Gasteiger partial charge in [0.1, 0.15) is 16.9 Å². The number of aromatic nitrogens is 3. The number of hydrogen-bond acceptors (Lipinski definition) is 4. The van der Waals surface area contributed by atoms with Crippen LogP contribution in [0, 0.1) is 6.92 Å². The van der Waals surface area contributed by atoms with Crippen molar-refractivity contribution in [2.75, 3.05) is 0 Å². The highest BCUT2D eigenvalue weighted by Crippen LogP contribution is 2.37. The fraction of sp³-hybridized carbons (Fsp3) is 0.250. The third-order valence-corrected chi connectivity index (χ3v) is 7.60. The molecule has 0 N–H and O–H groups in total. The molecule has 172 valence electrons. The fourth-order valence-electron chi connectivity index (χ4n) is 4.42. The number of hydrogen-bond donors (Lipinski definition) is 0. The molecule has 4 aromatic rings. The summed E-state index contributed by atoms with van der Waals surface area (Å²) in [6.45, 7) is 10.1. The van der Waals surface area contributed by atoms with Gasteiger partial charge in [0.25, 0.3) is 0 Å². The molecule has 1 unspecified atom stereocenters. The first-order valence-corrected chi connectivity index (χ1v) is 12.7. The molecule has 0 saturated heterocycles. The summed E-state index contributed by atoms with van der Waals surface area (Å²) < 4.78 is 2.16. The Morgan fingerprint density at radius 2 is 1.76 bits per heavy atom. The van der Waals surface area contributed by atoms with Crippen molar-refractivity contribution in [2.24, 2.45) is 4.99 Å². The van der Waals surface area contributed by atoms with Gasteiger partial charge >= 0.3 is 0 Å². The van der Waals surface area contributed by atoms with Crippen LogP contribution in [0.15, 0.2) is 71.7 Å². The highest BCUT2D eigenvalue weighted by atomic mass is 35.5. The Kier molecular flexibility index (Phi) is 6.24. The lowest BCUT2D eigenvalue weighted by Gasteiger charge is -2.09. The molecule has 1 aliphatic heterocycles. The van der Waals surface area contributed by atoms with Gasteiger partial charge in [-0.3, -0.25) is 9.56 Å². The van der Waals surface area contributed by atoms with Crippen LogP contribution >= 0.6 is 22.9 Å². The van der Waals surface area contributed by atoms with Crippen molar-refractivity contribution < 1.29 is 0 Å². The maximum absolute atomic E-state index is 6.62. The van der Waals surface area contributed by atoms with E-state index in [4.69, 9.17) is 16.6 Å². The zero-order valence-electron chi connectivity index (χ0n) is 19.7. The molecule has 0 amide bonds. The van der Waals surface area contributed by atoms with Crippen molar-refractivity contribution in [2.45, 2.75) is 46.1 Å². The Morgan fingerprint density at radius 3 is 2.50 bits per heavy atom. The van der Waals surface area contributed by atoms with E-state index in [0.717, 1.165) is 52.8 Å². The predicted molar refractivity (Wildman–Crippen MR) is 142 cm³/mol. The Morgan fingerprint density at radius 1 is 1.03 bits per heavy atom. The zero-order chi connectivity index (χ0) is 23.8. The van der Waals surface area contributed by atoms with Crippen molar-refractivity contribution in [3.05, 3.63) is 111 Å². The van der Waals surface area contributed by atoms with E-state index in [-0.39, 0.29) is 6.04 Å². The van der Waals surface area contributed by atoms with Gasteiger partial charge < -0.3 is 0 Å². The number of fused-ring (bicyclic) bond motifs is 3. The van der Waals surface area contributed by atoms with Crippen molar-refractivity contribution in [1.29, 1.82) is 0 Å². The molecule has 4 nitrogen and oxygen atoms in total. The van der Waals surface area contributed by atoms with Gasteiger partial charge in [0, 0.05) is 21.0 Å². The minimum Gasteiger partial charge on any atom is -0.273 e. The second-order valence-corrected chi connectivity index (χ2v) is 10.5. The van der Waals surface area contributed by atoms with Crippen LogP contribution in [0.5, 0.6) is 0 Å². The summed E-state index contributed by atoms with van der Waals surface area (Å²) in [5, 5.41) is 10.6. The SMILES string of the molecule is C=C(C)Cc1ccc(CCc2cc3c(s2)-n2c(C)nnc2C(C)N=C3c2ccccc2Cl)cc1. The van der Waals surface area contributed by atoms with Gasteiger partial charge in [-0.05, 0) is 63.3 Å². The van der Waals surface area contributed by atoms with Crippen LogP contribution in [0.1, 0.15) is 58.7 Å². The predicted octanol–water partition coefficient (Wildman–Crippen LogP) is 7.11. The van der Waals surface area contributed by atoms with E-state index in [1.54, 1.807) is 11.3 Å². The molecule has 2 aromatic carbocycles. The third-order valence-electron chi connectivity index (χ3n) is 6.09. The molecule has 0 fully saturated rings. The maximum Gasteiger partial charge on any atom is 0.162 e. The molecule has 0 saturated carbocycles. The molecular weight excluding hydrogens is 460 g/mol. The van der Waals surface area contributed by atoms with Crippen LogP contribution in [-0.4, -0.2) is 20.5 Å². The molecule has 0 radical (unpaired) electrons. The number of benzene rings is 2. The number of halogens is 1. The molecule has 0 bridgehead atoms. The second kappa shape index (κ2) is 9.32. The highest BCUT2D eigenvalue weighted by Gasteiger charge is 2.28. The van der Waals surface area contributed by atoms with Crippen molar-refractivity contribution in [1.82, 2.24) is 14.8 Å². The first kappa shape index (κ1) is 22.8. The normalized spacial score (nSPS) is 14.8. The first-order chi connectivity index (χ1) is 16.4. The largest absolute Gasteiger partial charge is 0.273 e. The summed E-state index contributed by atoms with van der Waals surface area (Å²) in [7, 11) is 0. The van der Waals surface area contributed by atoms with E-state index in [1.165, 1.54) is 21.6 Å². The molecule has 6 heteroatoms. The van der Waals surface area contributed by atoms with E-state index in [9.17, 15) is 0 Å². The number of nitrogens with zero attached hydrogens (tertiary/aromatic N) is 4. The monoisotopic (exact) mass is 486 g/mol. The summed E-state index contributed by atoms with van der Waals surface area (Å²) in [6.07, 6.45) is 2.87. The van der Waals surface area contributed by atoms with Gasteiger partial charge in [-0.1, -0.05) is 66.2 Å². The number of aliphatic imine (C=N–C) groups is 1. The Hall–Kier alpha value is -3.02. The molecule has 2 aromatic heterocycles. The molecule has 34 heavy (non-hydrogen) atoms. The van der Waals surface area contributed by atoms with Crippen LogP contribution in [0.25, 0.3) is 5.00 Å². The average Bonchev–Trinajstić information content (AvgIpc) is 3.37. The summed E-state index contributed by atoms with van der Waals surface area (Å²) >= 11 is 8.41. The van der Waals surface area contributed by atoms with E-state index >= 15 is 0 Å². The number of thiophene rings is 1. The van der Waals surface area contributed by atoms with Gasteiger partial charge in [-0.25, -0.2) is 0 Å². The van der Waals surface area contributed by atoms with Gasteiger partial charge in [0.05, 0.1) is 5.71 Å². The average molecular weight is 487 g/mol. The van der Waals surface area contributed by atoms with Crippen molar-refractivity contribution in [3.63, 3.8) is 0 Å². The van der Waals surface area contributed by atoms with Crippen LogP contribution in [0.3, 0.4) is 0 Å². The third kappa shape index (κ3) is 4.38. The maximum atomic E-state index is 6.62. The van der Waals surface area contributed by atoms with Crippen molar-refractivity contribution >= 4 is 28.6 Å². The van der Waals surface area contributed by atoms with Crippen molar-refractivity contribution in [3.8, 4) is 5.00 Å². The standard InChI is InChI=1S/C28H27ClN4S/c1-17(2)15-21-11-9-20(10-12-21)13-14-22-16-24-26(23-7-5-6-8-25(23)29)30-18(3)27-32-31-19(4)33(27)28(24)34-22/h5-12,16,18H,1,13-15H2,2-4H3. The quantitative estimate of drug-likeness (QED) is 0.272. The smallest absolute Gasteiger partial charge is 0.162 e. The summed E-state index contributed by atoms with van der Waals surface area (Å²) in [6, 6.07) is 19.0. The minimum atomic E-state index is -0.117. The van der Waals surface area contributed by atoms with Crippen LogP contribution in [-0.2, 0) is 19.3 Å². The van der Waals surface area contributed by atoms with Crippen LogP contribution < -0.4 is 0 Å². The van der Waals surface area contributed by atoms with Crippen LogP contribution in [0.2, 0.25) is 5.02 Å². The van der Waals surface area contributed by atoms with E-state index in [1.807, 2.05) is 31.2 Å². The minimum absolute atomic E-state index is 0.117. The topological polar surface area (TPSA) is 43.1 Å². The van der Waals surface area contributed by atoms with Gasteiger partial charge in [-0.2, -0.15) is 0 Å².